The van der Waals surface area contributed by atoms with E-state index in [1.165, 1.54) is 31.4 Å². The molecule has 3 rings (SSSR count). The van der Waals surface area contributed by atoms with Gasteiger partial charge in [0.25, 0.3) is 5.91 Å². The summed E-state index contributed by atoms with van der Waals surface area (Å²) in [4.78, 5) is 35.2. The molecule has 134 valence electrons. The summed E-state index contributed by atoms with van der Waals surface area (Å²) in [5.74, 6) is -0.547. The molecule has 1 aliphatic rings. The van der Waals surface area contributed by atoms with Gasteiger partial charge in [-0.05, 0) is 36.4 Å². The van der Waals surface area contributed by atoms with Crippen molar-refractivity contribution in [1.82, 2.24) is 0 Å². The molecular weight excluding hydrogens is 342 g/mol. The van der Waals surface area contributed by atoms with Gasteiger partial charge >= 0.3 is 11.9 Å². The van der Waals surface area contributed by atoms with E-state index in [0.29, 0.717) is 22.7 Å². The molecule has 1 N–H and O–H groups in total. The van der Waals surface area contributed by atoms with E-state index in [9.17, 15) is 14.4 Å². The summed E-state index contributed by atoms with van der Waals surface area (Å²) in [7, 11) is 1.27. The van der Waals surface area contributed by atoms with Crippen LogP contribution in [0.2, 0.25) is 0 Å². The number of methoxy groups -OCH3 is 1. The molecule has 0 unspecified atom stereocenters. The quantitative estimate of drug-likeness (QED) is 0.817. The molecule has 0 aliphatic carbocycles. The largest absolute Gasteiger partial charge is 0.465 e. The second-order valence-corrected chi connectivity index (χ2v) is 5.26. The van der Waals surface area contributed by atoms with Crippen LogP contribution in [0, 0.1) is 0 Å². The van der Waals surface area contributed by atoms with Crippen LogP contribution in [0.1, 0.15) is 20.7 Å². The van der Waals surface area contributed by atoms with Gasteiger partial charge in [-0.1, -0.05) is 0 Å². The first-order chi connectivity index (χ1) is 12.6. The number of ether oxygens (including phenoxy) is 4. The van der Waals surface area contributed by atoms with Gasteiger partial charge in [-0.3, -0.25) is 4.79 Å². The number of hydrogen-bond acceptors (Lipinski definition) is 7. The van der Waals surface area contributed by atoms with Crippen molar-refractivity contribution in [2.24, 2.45) is 0 Å². The lowest BCUT2D eigenvalue weighted by Crippen LogP contribution is -2.21. The standard InChI is InChI=1S/C18H15NO7/c1-23-17(21)11-2-4-12(5-3-11)18(22)24-9-16(20)19-13-6-7-14-15(8-13)26-10-25-14/h2-8H,9-10H2,1H3,(H,19,20). The van der Waals surface area contributed by atoms with Gasteiger partial charge in [0, 0.05) is 11.8 Å². The lowest BCUT2D eigenvalue weighted by atomic mass is 10.1. The number of fused-ring (bicyclic) bond motifs is 1. The molecule has 0 spiro atoms. The van der Waals surface area contributed by atoms with Crippen LogP contribution in [0.4, 0.5) is 5.69 Å². The minimum atomic E-state index is -0.678. The summed E-state index contributed by atoms with van der Waals surface area (Å²) in [6, 6.07) is 10.7. The van der Waals surface area contributed by atoms with Crippen LogP contribution >= 0.6 is 0 Å². The highest BCUT2D eigenvalue weighted by Crippen LogP contribution is 2.34. The number of nitrogens with one attached hydrogen (secondary N) is 1. The minimum Gasteiger partial charge on any atom is -0.465 e. The summed E-state index contributed by atoms with van der Waals surface area (Å²) in [5, 5.41) is 2.60. The second-order valence-electron chi connectivity index (χ2n) is 5.26. The molecule has 0 saturated heterocycles. The van der Waals surface area contributed by atoms with Crippen molar-refractivity contribution < 1.29 is 33.3 Å². The van der Waals surface area contributed by atoms with Gasteiger partial charge in [0.05, 0.1) is 18.2 Å². The van der Waals surface area contributed by atoms with Crippen LogP contribution in [0.3, 0.4) is 0 Å². The van der Waals surface area contributed by atoms with Crippen LogP contribution in [-0.4, -0.2) is 38.4 Å². The molecule has 1 aliphatic heterocycles. The van der Waals surface area contributed by atoms with E-state index in [1.807, 2.05) is 0 Å². The van der Waals surface area contributed by atoms with E-state index < -0.39 is 24.5 Å². The number of esters is 2. The van der Waals surface area contributed by atoms with Gasteiger partial charge in [0.1, 0.15) is 0 Å². The Hall–Kier alpha value is -3.55. The molecule has 0 saturated carbocycles. The first-order valence-corrected chi connectivity index (χ1v) is 7.62. The fraction of sp³-hybridized carbons (Fsp3) is 0.167. The Morgan fingerprint density at radius 1 is 0.962 bits per heavy atom. The van der Waals surface area contributed by atoms with Crippen molar-refractivity contribution in [2.75, 3.05) is 25.8 Å². The van der Waals surface area contributed by atoms with Gasteiger partial charge in [0.2, 0.25) is 6.79 Å². The summed E-state index contributed by atoms with van der Waals surface area (Å²) >= 11 is 0. The summed E-state index contributed by atoms with van der Waals surface area (Å²) in [6.45, 7) is -0.314. The molecule has 8 heteroatoms. The van der Waals surface area contributed by atoms with Gasteiger partial charge in [-0.15, -0.1) is 0 Å². The van der Waals surface area contributed by atoms with Crippen molar-refractivity contribution >= 4 is 23.5 Å². The van der Waals surface area contributed by atoms with Crippen LogP contribution in [0.5, 0.6) is 11.5 Å². The molecule has 2 aromatic carbocycles. The Morgan fingerprint density at radius 2 is 1.62 bits per heavy atom. The Kier molecular flexibility index (Phi) is 5.02. The van der Waals surface area contributed by atoms with E-state index in [1.54, 1.807) is 18.2 Å². The first kappa shape index (κ1) is 17.3. The van der Waals surface area contributed by atoms with E-state index in [4.69, 9.17) is 14.2 Å². The molecule has 0 bridgehead atoms. The summed E-state index contributed by atoms with van der Waals surface area (Å²) in [5.41, 5.74) is 1.02. The Morgan fingerprint density at radius 3 is 2.31 bits per heavy atom. The maximum absolute atomic E-state index is 12.0. The molecular formula is C18H15NO7. The highest BCUT2D eigenvalue weighted by molar-refractivity contribution is 5.96. The SMILES string of the molecule is COC(=O)c1ccc(C(=O)OCC(=O)Nc2ccc3c(c2)OCO3)cc1. The molecule has 8 nitrogen and oxygen atoms in total. The highest BCUT2D eigenvalue weighted by atomic mass is 16.7. The van der Waals surface area contributed by atoms with Gasteiger partial charge in [-0.25, -0.2) is 9.59 Å². The Labute approximate surface area is 148 Å². The predicted octanol–water partition coefficient (Wildman–Crippen LogP) is 2.00. The average molecular weight is 357 g/mol. The lowest BCUT2D eigenvalue weighted by Gasteiger charge is -2.07. The fourth-order valence-corrected chi connectivity index (χ4v) is 2.25. The monoisotopic (exact) mass is 357 g/mol. The maximum atomic E-state index is 12.0. The van der Waals surface area contributed by atoms with Gasteiger partial charge in [-0.2, -0.15) is 0 Å². The fourth-order valence-electron chi connectivity index (χ4n) is 2.25. The zero-order valence-corrected chi connectivity index (χ0v) is 13.8. The van der Waals surface area contributed by atoms with Crippen LogP contribution in [-0.2, 0) is 14.3 Å². The van der Waals surface area contributed by atoms with Crippen molar-refractivity contribution in [1.29, 1.82) is 0 Å². The number of benzene rings is 2. The second kappa shape index (κ2) is 7.56. The minimum absolute atomic E-state index is 0.138. The molecule has 26 heavy (non-hydrogen) atoms. The number of hydrogen-bond donors (Lipinski definition) is 1. The zero-order chi connectivity index (χ0) is 18.5. The third-order valence-electron chi connectivity index (χ3n) is 3.53. The number of anilines is 1. The van der Waals surface area contributed by atoms with Crippen molar-refractivity contribution in [3.8, 4) is 11.5 Å². The molecule has 0 fully saturated rings. The Balaban J connectivity index is 1.52. The van der Waals surface area contributed by atoms with Crippen LogP contribution in [0.15, 0.2) is 42.5 Å². The average Bonchev–Trinajstić information content (AvgIpc) is 3.13. The topological polar surface area (TPSA) is 100 Å². The third-order valence-corrected chi connectivity index (χ3v) is 3.53. The maximum Gasteiger partial charge on any atom is 0.338 e. The van der Waals surface area contributed by atoms with E-state index in [0.717, 1.165) is 0 Å². The molecule has 0 atom stereocenters. The zero-order valence-electron chi connectivity index (χ0n) is 13.8. The van der Waals surface area contributed by atoms with Crippen molar-refractivity contribution in [2.45, 2.75) is 0 Å². The number of rotatable bonds is 5. The van der Waals surface area contributed by atoms with Crippen LogP contribution < -0.4 is 14.8 Å². The lowest BCUT2D eigenvalue weighted by molar-refractivity contribution is -0.119. The number of amides is 1. The Bertz CT molecular complexity index is 845. The van der Waals surface area contributed by atoms with Gasteiger partial charge in [0.15, 0.2) is 18.1 Å². The molecule has 0 radical (unpaired) electrons. The summed E-state index contributed by atoms with van der Waals surface area (Å²) < 4.78 is 19.9. The van der Waals surface area contributed by atoms with E-state index in [-0.39, 0.29) is 12.4 Å². The smallest absolute Gasteiger partial charge is 0.338 e. The van der Waals surface area contributed by atoms with E-state index >= 15 is 0 Å². The van der Waals surface area contributed by atoms with Crippen LogP contribution in [0.25, 0.3) is 0 Å². The van der Waals surface area contributed by atoms with Crippen molar-refractivity contribution in [3.63, 3.8) is 0 Å². The third kappa shape index (κ3) is 3.92. The van der Waals surface area contributed by atoms with Gasteiger partial charge < -0.3 is 24.3 Å². The number of carbonyl (C=O) groups excluding carboxylic acids is 3. The first-order valence-electron chi connectivity index (χ1n) is 7.62. The van der Waals surface area contributed by atoms with Crippen molar-refractivity contribution in [3.05, 3.63) is 53.6 Å². The molecule has 2 aromatic rings. The molecule has 1 heterocycles. The molecule has 1 amide bonds. The normalized spacial score (nSPS) is 11.6. The molecule has 0 aromatic heterocycles. The predicted molar refractivity (Wildman–Crippen MR) is 89.3 cm³/mol. The van der Waals surface area contributed by atoms with E-state index in [2.05, 4.69) is 10.1 Å². The summed E-state index contributed by atoms with van der Waals surface area (Å²) in [6.07, 6.45) is 0. The highest BCUT2D eigenvalue weighted by Gasteiger charge is 2.15. The number of carbonyl (C=O) groups is 3.